The number of rotatable bonds is 7. The first-order valence-corrected chi connectivity index (χ1v) is 9.49. The van der Waals surface area contributed by atoms with Gasteiger partial charge in [-0.1, -0.05) is 6.07 Å². The molecule has 2 aliphatic rings. The molecule has 0 spiro atoms. The van der Waals surface area contributed by atoms with Gasteiger partial charge in [-0.05, 0) is 50.2 Å². The van der Waals surface area contributed by atoms with E-state index < -0.39 is 12.0 Å². The molecule has 1 aromatic rings. The second kappa shape index (κ2) is 8.49. The number of amides is 1. The monoisotopic (exact) mass is 360 g/mol. The fourth-order valence-electron chi connectivity index (χ4n) is 3.47. The van der Waals surface area contributed by atoms with Gasteiger partial charge in [0.15, 0.2) is 0 Å². The molecule has 0 aliphatic carbocycles. The summed E-state index contributed by atoms with van der Waals surface area (Å²) in [5, 5.41) is 3.36. The van der Waals surface area contributed by atoms with Crippen molar-refractivity contribution in [3.05, 3.63) is 23.4 Å². The summed E-state index contributed by atoms with van der Waals surface area (Å²) in [5.74, 6) is 0.943. The van der Waals surface area contributed by atoms with E-state index >= 15 is 0 Å². The molecule has 0 radical (unpaired) electrons. The van der Waals surface area contributed by atoms with Gasteiger partial charge < -0.3 is 20.7 Å². The van der Waals surface area contributed by atoms with E-state index in [1.54, 1.807) is 11.8 Å². The molecule has 3 N–H and O–H groups in total. The lowest BCUT2D eigenvalue weighted by atomic mass is 9.93. The maximum atomic E-state index is 12.1. The predicted molar refractivity (Wildman–Crippen MR) is 98.7 cm³/mol. The molecule has 0 saturated carbocycles. The molecule has 1 aromatic heterocycles. The molecule has 7 heteroatoms. The standard InChI is InChI=1S/C19H28N4O3/c1-2-26-19(25)16(20)10-17(24)23-11-13(12-23)5-7-15-8-6-14-4-3-9-21-18(14)22-15/h6,8,13,16H,2-5,7,9-12,20H2,1H3,(H,21,22)/t16-/m0/s1. The van der Waals surface area contributed by atoms with E-state index in [0.717, 1.165) is 50.4 Å². The smallest absolute Gasteiger partial charge is 0.323 e. The van der Waals surface area contributed by atoms with Crippen molar-refractivity contribution in [1.29, 1.82) is 0 Å². The van der Waals surface area contributed by atoms with E-state index in [1.807, 2.05) is 0 Å². The van der Waals surface area contributed by atoms with Gasteiger partial charge in [-0.25, -0.2) is 4.98 Å². The van der Waals surface area contributed by atoms with Gasteiger partial charge in [0.05, 0.1) is 13.0 Å². The first-order valence-electron chi connectivity index (χ1n) is 9.49. The first-order chi connectivity index (χ1) is 12.6. The average Bonchev–Trinajstić information content (AvgIpc) is 2.60. The van der Waals surface area contributed by atoms with E-state index in [-0.39, 0.29) is 18.9 Å². The van der Waals surface area contributed by atoms with E-state index in [1.165, 1.54) is 12.0 Å². The zero-order valence-corrected chi connectivity index (χ0v) is 15.4. The largest absolute Gasteiger partial charge is 0.465 e. The van der Waals surface area contributed by atoms with Crippen LogP contribution < -0.4 is 11.1 Å². The van der Waals surface area contributed by atoms with Crippen molar-refractivity contribution in [2.75, 3.05) is 31.6 Å². The number of hydrogen-bond donors (Lipinski definition) is 2. The lowest BCUT2D eigenvalue weighted by Gasteiger charge is -2.39. The molecule has 3 rings (SSSR count). The lowest BCUT2D eigenvalue weighted by Crippen LogP contribution is -2.52. The van der Waals surface area contributed by atoms with Gasteiger partial charge in [0.25, 0.3) is 0 Å². The number of carbonyl (C=O) groups excluding carboxylic acids is 2. The molecule has 0 aromatic carbocycles. The molecule has 0 unspecified atom stereocenters. The van der Waals surface area contributed by atoms with Crippen LogP contribution in [0.25, 0.3) is 0 Å². The van der Waals surface area contributed by atoms with Gasteiger partial charge in [-0.2, -0.15) is 0 Å². The van der Waals surface area contributed by atoms with Crippen LogP contribution in [-0.2, 0) is 27.2 Å². The molecule has 3 heterocycles. The third kappa shape index (κ3) is 4.52. The maximum absolute atomic E-state index is 12.1. The number of likely N-dealkylation sites (tertiary alicyclic amines) is 1. The van der Waals surface area contributed by atoms with Crippen LogP contribution in [0.2, 0.25) is 0 Å². The Balaban J connectivity index is 1.39. The van der Waals surface area contributed by atoms with Crippen molar-refractivity contribution in [3.63, 3.8) is 0 Å². The average molecular weight is 360 g/mol. The molecule has 1 amide bonds. The highest BCUT2D eigenvalue weighted by Crippen LogP contribution is 2.24. The zero-order chi connectivity index (χ0) is 18.5. The van der Waals surface area contributed by atoms with Crippen LogP contribution in [0.5, 0.6) is 0 Å². The number of esters is 1. The number of anilines is 1. The SMILES string of the molecule is CCOC(=O)[C@@H](N)CC(=O)N1CC(CCc2ccc3c(n2)NCCC3)C1. The summed E-state index contributed by atoms with van der Waals surface area (Å²) < 4.78 is 4.84. The van der Waals surface area contributed by atoms with Crippen LogP contribution in [0.3, 0.4) is 0 Å². The highest BCUT2D eigenvalue weighted by atomic mass is 16.5. The summed E-state index contributed by atoms with van der Waals surface area (Å²) in [4.78, 5) is 30.1. The Labute approximate surface area is 154 Å². The number of carbonyl (C=O) groups is 2. The number of ether oxygens (including phenoxy) is 1. The predicted octanol–water partition coefficient (Wildman–Crippen LogP) is 1.11. The van der Waals surface area contributed by atoms with E-state index in [4.69, 9.17) is 15.5 Å². The first kappa shape index (κ1) is 18.6. The minimum absolute atomic E-state index is 0.0175. The summed E-state index contributed by atoms with van der Waals surface area (Å²) in [6.07, 6.45) is 4.22. The molecule has 2 aliphatic heterocycles. The van der Waals surface area contributed by atoms with Crippen LogP contribution in [0.4, 0.5) is 5.82 Å². The molecule has 0 bridgehead atoms. The highest BCUT2D eigenvalue weighted by Gasteiger charge is 2.32. The summed E-state index contributed by atoms with van der Waals surface area (Å²) in [6.45, 7) is 4.46. The molecule has 142 valence electrons. The second-order valence-corrected chi connectivity index (χ2v) is 7.11. The fourth-order valence-corrected chi connectivity index (χ4v) is 3.47. The fraction of sp³-hybridized carbons (Fsp3) is 0.632. The number of fused-ring (bicyclic) bond motifs is 1. The van der Waals surface area contributed by atoms with Gasteiger partial charge in [-0.3, -0.25) is 9.59 Å². The summed E-state index contributed by atoms with van der Waals surface area (Å²) >= 11 is 0. The third-order valence-electron chi connectivity index (χ3n) is 5.05. The van der Waals surface area contributed by atoms with E-state index in [0.29, 0.717) is 5.92 Å². The van der Waals surface area contributed by atoms with Crippen LogP contribution in [0.15, 0.2) is 12.1 Å². The van der Waals surface area contributed by atoms with Crippen molar-refractivity contribution in [2.45, 2.75) is 45.1 Å². The molecule has 1 saturated heterocycles. The van der Waals surface area contributed by atoms with E-state index in [2.05, 4.69) is 17.4 Å². The Morgan fingerprint density at radius 2 is 2.23 bits per heavy atom. The number of aromatic nitrogens is 1. The maximum Gasteiger partial charge on any atom is 0.323 e. The van der Waals surface area contributed by atoms with Gasteiger partial charge >= 0.3 is 5.97 Å². The summed E-state index contributed by atoms with van der Waals surface area (Å²) in [7, 11) is 0. The van der Waals surface area contributed by atoms with Crippen molar-refractivity contribution in [1.82, 2.24) is 9.88 Å². The summed E-state index contributed by atoms with van der Waals surface area (Å²) in [6, 6.07) is 3.43. The Morgan fingerprint density at radius 1 is 1.42 bits per heavy atom. The van der Waals surface area contributed by atoms with Crippen LogP contribution in [0.1, 0.15) is 37.4 Å². The number of nitrogens with two attached hydrogens (primary N) is 1. The molecular formula is C19H28N4O3. The molecule has 1 fully saturated rings. The molecule has 7 nitrogen and oxygen atoms in total. The Bertz CT molecular complexity index is 658. The van der Waals surface area contributed by atoms with Gasteiger partial charge in [-0.15, -0.1) is 0 Å². The van der Waals surface area contributed by atoms with Crippen LogP contribution in [-0.4, -0.2) is 54.0 Å². The number of nitrogens with one attached hydrogen (secondary N) is 1. The van der Waals surface area contributed by atoms with Crippen molar-refractivity contribution in [3.8, 4) is 0 Å². The van der Waals surface area contributed by atoms with Crippen molar-refractivity contribution >= 4 is 17.7 Å². The van der Waals surface area contributed by atoms with Crippen molar-refractivity contribution < 1.29 is 14.3 Å². The Morgan fingerprint density at radius 3 is 3.00 bits per heavy atom. The Kier molecular flexibility index (Phi) is 6.08. The zero-order valence-electron chi connectivity index (χ0n) is 15.4. The minimum atomic E-state index is -0.867. The molecule has 1 atom stereocenters. The molecular weight excluding hydrogens is 332 g/mol. The number of nitrogens with zero attached hydrogens (tertiary/aromatic N) is 2. The highest BCUT2D eigenvalue weighted by molar-refractivity contribution is 5.85. The van der Waals surface area contributed by atoms with Crippen molar-refractivity contribution in [2.24, 2.45) is 11.7 Å². The third-order valence-corrected chi connectivity index (χ3v) is 5.05. The van der Waals surface area contributed by atoms with Gasteiger partial charge in [0.2, 0.25) is 5.91 Å². The normalized spacial score (nSPS) is 17.7. The minimum Gasteiger partial charge on any atom is -0.465 e. The van der Waals surface area contributed by atoms with Crippen LogP contribution in [0, 0.1) is 5.92 Å². The Hall–Kier alpha value is -2.15. The molecule has 26 heavy (non-hydrogen) atoms. The number of hydrogen-bond acceptors (Lipinski definition) is 6. The topological polar surface area (TPSA) is 97.5 Å². The quantitative estimate of drug-likeness (QED) is 0.707. The van der Waals surface area contributed by atoms with Crippen LogP contribution >= 0.6 is 0 Å². The van der Waals surface area contributed by atoms with Gasteiger partial charge in [0, 0.05) is 25.3 Å². The van der Waals surface area contributed by atoms with Gasteiger partial charge in [0.1, 0.15) is 11.9 Å². The lowest BCUT2D eigenvalue weighted by molar-refractivity contribution is -0.148. The number of pyridine rings is 1. The van der Waals surface area contributed by atoms with E-state index in [9.17, 15) is 9.59 Å². The number of aryl methyl sites for hydroxylation is 2. The summed E-state index contributed by atoms with van der Waals surface area (Å²) in [5.41, 5.74) is 8.12. The second-order valence-electron chi connectivity index (χ2n) is 7.11.